The second-order valence-electron chi connectivity index (χ2n) is 6.61. The van der Waals surface area contributed by atoms with Crippen molar-refractivity contribution in [3.05, 3.63) is 104 Å². The molecule has 0 aliphatic heterocycles. The van der Waals surface area contributed by atoms with E-state index in [1.807, 2.05) is 61.0 Å². The van der Waals surface area contributed by atoms with Crippen molar-refractivity contribution in [1.29, 1.82) is 0 Å². The number of aryl methyl sites for hydroxylation is 1. The fraction of sp³-hybridized carbons (Fsp3) is 0.0909. The number of nitro benzene ring substituents is 1. The molecule has 0 amide bonds. The van der Waals surface area contributed by atoms with Crippen molar-refractivity contribution in [2.75, 3.05) is 0 Å². The summed E-state index contributed by atoms with van der Waals surface area (Å²) in [7, 11) is 0. The Bertz CT molecular complexity index is 1210. The number of nitrogens with zero attached hydrogens (tertiary/aromatic N) is 4. The lowest BCUT2D eigenvalue weighted by Crippen LogP contribution is -2.16. The summed E-state index contributed by atoms with van der Waals surface area (Å²) >= 11 is 1.51. The third kappa shape index (κ3) is 4.30. The van der Waals surface area contributed by atoms with Crippen LogP contribution in [0.25, 0.3) is 11.3 Å². The Morgan fingerprint density at radius 2 is 1.97 bits per heavy atom. The zero-order valence-corrected chi connectivity index (χ0v) is 16.5. The first kappa shape index (κ1) is 18.8. The molecule has 0 bridgehead atoms. The Kier molecular flexibility index (Phi) is 5.31. The molecule has 0 radical (unpaired) electrons. The molecular weight excluding hydrogens is 384 g/mol. The van der Waals surface area contributed by atoms with Gasteiger partial charge < -0.3 is 4.57 Å². The zero-order chi connectivity index (χ0) is 20.2. The second-order valence-corrected chi connectivity index (χ2v) is 7.44. The SMILES string of the molecule is Cc1ccc(N=c2scc(-c3cccc([N+](=O)[O-])c3)n2Cc2cccnc2)cc1. The lowest BCUT2D eigenvalue weighted by Gasteiger charge is -2.09. The average Bonchev–Trinajstić information content (AvgIpc) is 3.12. The van der Waals surface area contributed by atoms with Gasteiger partial charge in [0.05, 0.1) is 22.8 Å². The van der Waals surface area contributed by atoms with E-state index < -0.39 is 0 Å². The van der Waals surface area contributed by atoms with Crippen LogP contribution in [0.1, 0.15) is 11.1 Å². The van der Waals surface area contributed by atoms with Gasteiger partial charge in [-0.05, 0) is 30.7 Å². The molecule has 7 heteroatoms. The molecule has 4 rings (SSSR count). The summed E-state index contributed by atoms with van der Waals surface area (Å²) in [5.41, 5.74) is 4.80. The van der Waals surface area contributed by atoms with Crippen molar-refractivity contribution in [3.8, 4) is 11.3 Å². The van der Waals surface area contributed by atoms with Crippen molar-refractivity contribution in [3.63, 3.8) is 0 Å². The topological polar surface area (TPSA) is 73.3 Å². The Morgan fingerprint density at radius 3 is 2.69 bits per heavy atom. The Morgan fingerprint density at radius 1 is 1.14 bits per heavy atom. The summed E-state index contributed by atoms with van der Waals surface area (Å²) in [6.07, 6.45) is 3.55. The van der Waals surface area contributed by atoms with Crippen LogP contribution in [0.5, 0.6) is 0 Å². The maximum absolute atomic E-state index is 11.2. The predicted molar refractivity (Wildman–Crippen MR) is 114 cm³/mol. The second kappa shape index (κ2) is 8.20. The van der Waals surface area contributed by atoms with E-state index in [0.29, 0.717) is 6.54 Å². The number of rotatable bonds is 5. The number of benzene rings is 2. The monoisotopic (exact) mass is 402 g/mol. The van der Waals surface area contributed by atoms with Crippen LogP contribution in [0.2, 0.25) is 0 Å². The lowest BCUT2D eigenvalue weighted by atomic mass is 10.1. The normalized spacial score (nSPS) is 11.6. The van der Waals surface area contributed by atoms with Crippen LogP contribution >= 0.6 is 11.3 Å². The van der Waals surface area contributed by atoms with E-state index in [2.05, 4.69) is 9.55 Å². The first-order valence-corrected chi connectivity index (χ1v) is 9.91. The van der Waals surface area contributed by atoms with Gasteiger partial charge in [0, 0.05) is 35.5 Å². The minimum atomic E-state index is -0.376. The van der Waals surface area contributed by atoms with Gasteiger partial charge in [-0.25, -0.2) is 4.99 Å². The molecule has 29 heavy (non-hydrogen) atoms. The highest BCUT2D eigenvalue weighted by Crippen LogP contribution is 2.25. The molecule has 0 saturated heterocycles. The van der Waals surface area contributed by atoms with Crippen molar-refractivity contribution in [1.82, 2.24) is 9.55 Å². The number of thiazole rings is 1. The molecule has 0 spiro atoms. The van der Waals surface area contributed by atoms with E-state index >= 15 is 0 Å². The summed E-state index contributed by atoms with van der Waals surface area (Å²) in [6.45, 7) is 2.61. The molecule has 2 aromatic carbocycles. The van der Waals surface area contributed by atoms with Crippen LogP contribution in [-0.4, -0.2) is 14.5 Å². The number of pyridine rings is 1. The third-order valence-electron chi connectivity index (χ3n) is 4.47. The molecule has 0 atom stereocenters. The summed E-state index contributed by atoms with van der Waals surface area (Å²) in [4.78, 5) is 20.7. The van der Waals surface area contributed by atoms with Gasteiger partial charge in [0.2, 0.25) is 0 Å². The molecule has 144 valence electrons. The number of nitro groups is 1. The van der Waals surface area contributed by atoms with Gasteiger partial charge in [-0.15, -0.1) is 11.3 Å². The van der Waals surface area contributed by atoms with E-state index in [1.165, 1.54) is 23.0 Å². The van der Waals surface area contributed by atoms with Crippen LogP contribution in [0.15, 0.2) is 83.4 Å². The highest BCUT2D eigenvalue weighted by Gasteiger charge is 2.13. The number of non-ortho nitro benzene ring substituents is 1. The minimum absolute atomic E-state index is 0.0682. The lowest BCUT2D eigenvalue weighted by molar-refractivity contribution is -0.384. The maximum Gasteiger partial charge on any atom is 0.270 e. The van der Waals surface area contributed by atoms with E-state index in [4.69, 9.17) is 4.99 Å². The minimum Gasteiger partial charge on any atom is -0.312 e. The molecule has 2 aromatic heterocycles. The predicted octanol–water partition coefficient (Wildman–Crippen LogP) is 5.11. The van der Waals surface area contributed by atoms with Gasteiger partial charge >= 0.3 is 0 Å². The summed E-state index contributed by atoms with van der Waals surface area (Å²) in [6, 6.07) is 18.6. The fourth-order valence-corrected chi connectivity index (χ4v) is 3.91. The van der Waals surface area contributed by atoms with Crippen LogP contribution in [0.4, 0.5) is 11.4 Å². The standard InChI is InChI=1S/C22H18N4O2S/c1-16-7-9-19(10-8-16)24-22-25(14-17-4-3-11-23-13-17)21(15-29-22)18-5-2-6-20(12-18)26(27)28/h2-13,15H,14H2,1H3. The average molecular weight is 402 g/mol. The van der Waals surface area contributed by atoms with Gasteiger partial charge in [-0.3, -0.25) is 15.1 Å². The number of hydrogen-bond donors (Lipinski definition) is 0. The Hall–Kier alpha value is -3.58. The number of aromatic nitrogens is 2. The Balaban J connectivity index is 1.85. The molecule has 0 unspecified atom stereocenters. The molecule has 0 saturated carbocycles. The molecule has 0 aliphatic carbocycles. The summed E-state index contributed by atoms with van der Waals surface area (Å²) in [5, 5.41) is 13.2. The van der Waals surface area contributed by atoms with Crippen molar-refractivity contribution in [2.45, 2.75) is 13.5 Å². The van der Waals surface area contributed by atoms with Crippen LogP contribution in [-0.2, 0) is 6.54 Å². The molecule has 4 aromatic rings. The van der Waals surface area contributed by atoms with Crippen LogP contribution in [0, 0.1) is 17.0 Å². The van der Waals surface area contributed by atoms with Crippen LogP contribution in [0.3, 0.4) is 0 Å². The first-order valence-electron chi connectivity index (χ1n) is 9.03. The van der Waals surface area contributed by atoms with Gasteiger partial charge in [0.25, 0.3) is 5.69 Å². The van der Waals surface area contributed by atoms with E-state index in [0.717, 1.165) is 27.3 Å². The molecule has 0 aliphatic rings. The highest BCUT2D eigenvalue weighted by atomic mass is 32.1. The van der Waals surface area contributed by atoms with E-state index in [9.17, 15) is 10.1 Å². The molecule has 2 heterocycles. The summed E-state index contributed by atoms with van der Waals surface area (Å²) in [5.74, 6) is 0. The highest BCUT2D eigenvalue weighted by molar-refractivity contribution is 7.07. The molecule has 0 N–H and O–H groups in total. The Labute approximate surface area is 171 Å². The molecule has 0 fully saturated rings. The number of hydrogen-bond acceptors (Lipinski definition) is 5. The summed E-state index contributed by atoms with van der Waals surface area (Å²) < 4.78 is 2.07. The smallest absolute Gasteiger partial charge is 0.270 e. The third-order valence-corrected chi connectivity index (χ3v) is 5.34. The zero-order valence-electron chi connectivity index (χ0n) is 15.7. The van der Waals surface area contributed by atoms with Crippen molar-refractivity contribution in [2.24, 2.45) is 4.99 Å². The van der Waals surface area contributed by atoms with Gasteiger partial charge in [-0.1, -0.05) is 35.9 Å². The van der Waals surface area contributed by atoms with Gasteiger partial charge in [-0.2, -0.15) is 0 Å². The van der Waals surface area contributed by atoms with E-state index in [-0.39, 0.29) is 10.6 Å². The largest absolute Gasteiger partial charge is 0.312 e. The van der Waals surface area contributed by atoms with E-state index in [1.54, 1.807) is 18.3 Å². The van der Waals surface area contributed by atoms with Crippen molar-refractivity contribution >= 4 is 22.7 Å². The van der Waals surface area contributed by atoms with Gasteiger partial charge in [0.15, 0.2) is 4.80 Å². The van der Waals surface area contributed by atoms with Crippen molar-refractivity contribution < 1.29 is 4.92 Å². The first-order chi connectivity index (χ1) is 14.1. The van der Waals surface area contributed by atoms with Crippen LogP contribution < -0.4 is 4.80 Å². The quantitative estimate of drug-likeness (QED) is 0.344. The molecular formula is C22H18N4O2S. The van der Waals surface area contributed by atoms with Gasteiger partial charge in [0.1, 0.15) is 0 Å². The fourth-order valence-electron chi connectivity index (χ4n) is 2.98. The molecule has 6 nitrogen and oxygen atoms in total. The maximum atomic E-state index is 11.2.